The van der Waals surface area contributed by atoms with Crippen molar-refractivity contribution in [3.8, 4) is 0 Å². The Balaban J connectivity index is 1.54. The first-order valence-corrected chi connectivity index (χ1v) is 6.94. The fourth-order valence-corrected chi connectivity index (χ4v) is 3.90. The minimum absolute atomic E-state index is 0.653. The summed E-state index contributed by atoms with van der Waals surface area (Å²) < 4.78 is 1.96. The Morgan fingerprint density at radius 2 is 2.35 bits per heavy atom. The first-order chi connectivity index (χ1) is 8.24. The van der Waals surface area contributed by atoms with Gasteiger partial charge in [0.15, 0.2) is 0 Å². The van der Waals surface area contributed by atoms with Crippen LogP contribution >= 0.6 is 0 Å². The van der Waals surface area contributed by atoms with Crippen molar-refractivity contribution in [3.63, 3.8) is 0 Å². The molecule has 17 heavy (non-hydrogen) atoms. The Hall–Kier alpha value is -0.830. The molecule has 3 rings (SSSR count). The second-order valence-corrected chi connectivity index (χ2v) is 5.95. The second-order valence-electron chi connectivity index (χ2n) is 5.95. The Labute approximate surface area is 104 Å². The molecule has 0 radical (unpaired) electrons. The molecule has 2 aliphatic rings. The molecule has 0 aliphatic heterocycles. The summed E-state index contributed by atoms with van der Waals surface area (Å²) in [6.07, 6.45) is 7.81. The molecule has 0 amide bonds. The van der Waals surface area contributed by atoms with E-state index >= 15 is 0 Å². The predicted octanol–water partition coefficient (Wildman–Crippen LogP) is 2.33. The summed E-state index contributed by atoms with van der Waals surface area (Å²) in [7, 11) is 2.01. The normalized spacial score (nSPS) is 33.2. The van der Waals surface area contributed by atoms with Crippen molar-refractivity contribution < 1.29 is 0 Å². The molecule has 2 aliphatic carbocycles. The zero-order valence-electron chi connectivity index (χ0n) is 10.9. The van der Waals surface area contributed by atoms with Crippen molar-refractivity contribution in [2.45, 2.75) is 45.2 Å². The average molecular weight is 233 g/mol. The summed E-state index contributed by atoms with van der Waals surface area (Å²) in [5.41, 5.74) is 1.28. The zero-order chi connectivity index (χ0) is 11.8. The minimum Gasteiger partial charge on any atom is -0.308 e. The van der Waals surface area contributed by atoms with E-state index in [4.69, 9.17) is 0 Å². The quantitative estimate of drug-likeness (QED) is 0.865. The van der Waals surface area contributed by atoms with Crippen molar-refractivity contribution >= 4 is 0 Å². The highest BCUT2D eigenvalue weighted by Crippen LogP contribution is 2.49. The van der Waals surface area contributed by atoms with E-state index in [1.165, 1.54) is 31.4 Å². The second kappa shape index (κ2) is 4.45. The highest BCUT2D eigenvalue weighted by atomic mass is 15.3. The number of fused-ring (bicyclic) bond motifs is 2. The fraction of sp³-hybridized carbons (Fsp3) is 0.786. The summed E-state index contributed by atoms with van der Waals surface area (Å²) in [4.78, 5) is 0. The molecular formula is C14H23N3. The van der Waals surface area contributed by atoms with Gasteiger partial charge in [0.05, 0.1) is 5.69 Å². The summed E-state index contributed by atoms with van der Waals surface area (Å²) >= 11 is 0. The Kier molecular flexibility index (Phi) is 2.95. The van der Waals surface area contributed by atoms with Crippen LogP contribution in [-0.2, 0) is 13.6 Å². The Morgan fingerprint density at radius 3 is 2.94 bits per heavy atom. The van der Waals surface area contributed by atoms with E-state index in [0.717, 1.165) is 24.3 Å². The third kappa shape index (κ3) is 2.13. The van der Waals surface area contributed by atoms with Crippen LogP contribution in [0.1, 0.15) is 38.3 Å². The van der Waals surface area contributed by atoms with Crippen LogP contribution in [0.25, 0.3) is 0 Å². The molecule has 1 aromatic heterocycles. The van der Waals surface area contributed by atoms with Gasteiger partial charge >= 0.3 is 0 Å². The number of nitrogens with zero attached hydrogens (tertiary/aromatic N) is 2. The van der Waals surface area contributed by atoms with Gasteiger partial charge in [0.2, 0.25) is 0 Å². The van der Waals surface area contributed by atoms with Crippen molar-refractivity contribution in [2.24, 2.45) is 24.8 Å². The van der Waals surface area contributed by atoms with E-state index in [2.05, 4.69) is 23.4 Å². The van der Waals surface area contributed by atoms with Gasteiger partial charge in [0.1, 0.15) is 0 Å². The monoisotopic (exact) mass is 233 g/mol. The lowest BCUT2D eigenvalue weighted by molar-refractivity contribution is 0.258. The van der Waals surface area contributed by atoms with Crippen LogP contribution in [0.3, 0.4) is 0 Å². The molecule has 3 heteroatoms. The molecule has 4 atom stereocenters. The van der Waals surface area contributed by atoms with Crippen LogP contribution in [0.15, 0.2) is 12.3 Å². The van der Waals surface area contributed by atoms with Gasteiger partial charge in [-0.15, -0.1) is 0 Å². The van der Waals surface area contributed by atoms with Crippen molar-refractivity contribution in [2.75, 3.05) is 0 Å². The van der Waals surface area contributed by atoms with E-state index < -0.39 is 0 Å². The standard InChI is InChI=1S/C14H23N3/c1-10(14-8-11-3-4-12(14)7-11)15-9-13-5-6-16-17(13)2/h5-6,10-12,14-15H,3-4,7-9H2,1-2H3. The Bertz CT molecular complexity index is 385. The lowest BCUT2D eigenvalue weighted by Gasteiger charge is -2.28. The van der Waals surface area contributed by atoms with Gasteiger partial charge in [-0.2, -0.15) is 5.10 Å². The molecule has 4 unspecified atom stereocenters. The molecule has 1 aromatic rings. The van der Waals surface area contributed by atoms with Crippen molar-refractivity contribution in [1.82, 2.24) is 15.1 Å². The van der Waals surface area contributed by atoms with Gasteiger partial charge < -0.3 is 5.32 Å². The molecule has 94 valence electrons. The molecule has 0 spiro atoms. The molecular weight excluding hydrogens is 210 g/mol. The molecule has 2 saturated carbocycles. The number of hydrogen-bond donors (Lipinski definition) is 1. The maximum Gasteiger partial charge on any atom is 0.0518 e. The zero-order valence-corrected chi connectivity index (χ0v) is 10.9. The van der Waals surface area contributed by atoms with Gasteiger partial charge in [-0.25, -0.2) is 0 Å². The van der Waals surface area contributed by atoms with Crippen LogP contribution in [0, 0.1) is 17.8 Å². The maximum absolute atomic E-state index is 4.21. The van der Waals surface area contributed by atoms with E-state index in [0.29, 0.717) is 6.04 Å². The molecule has 3 nitrogen and oxygen atoms in total. The van der Waals surface area contributed by atoms with E-state index in [9.17, 15) is 0 Å². The molecule has 1 heterocycles. The first kappa shape index (κ1) is 11.3. The van der Waals surface area contributed by atoms with Gasteiger partial charge in [-0.1, -0.05) is 6.42 Å². The maximum atomic E-state index is 4.21. The molecule has 0 aromatic carbocycles. The summed E-state index contributed by atoms with van der Waals surface area (Å²) in [5.74, 6) is 2.97. The van der Waals surface area contributed by atoms with Gasteiger partial charge in [-0.3, -0.25) is 4.68 Å². The summed E-state index contributed by atoms with van der Waals surface area (Å²) in [6, 6.07) is 2.75. The van der Waals surface area contributed by atoms with Gasteiger partial charge in [0, 0.05) is 25.8 Å². The van der Waals surface area contributed by atoms with Crippen LogP contribution in [0.5, 0.6) is 0 Å². The van der Waals surface area contributed by atoms with Gasteiger partial charge in [0.25, 0.3) is 0 Å². The average Bonchev–Trinajstić information content (AvgIpc) is 3.01. The molecule has 0 saturated heterocycles. The molecule has 2 fully saturated rings. The highest BCUT2D eigenvalue weighted by molar-refractivity contribution is 5.00. The fourth-order valence-electron chi connectivity index (χ4n) is 3.90. The van der Waals surface area contributed by atoms with Gasteiger partial charge in [-0.05, 0) is 50.0 Å². The molecule has 2 bridgehead atoms. The van der Waals surface area contributed by atoms with E-state index in [1.807, 2.05) is 17.9 Å². The largest absolute Gasteiger partial charge is 0.308 e. The number of hydrogen-bond acceptors (Lipinski definition) is 2. The lowest BCUT2D eigenvalue weighted by atomic mass is 9.84. The highest BCUT2D eigenvalue weighted by Gasteiger charge is 2.41. The summed E-state index contributed by atoms with van der Waals surface area (Å²) in [6.45, 7) is 3.31. The third-order valence-electron chi connectivity index (χ3n) is 4.96. The topological polar surface area (TPSA) is 29.9 Å². The molecule has 1 N–H and O–H groups in total. The first-order valence-electron chi connectivity index (χ1n) is 6.94. The predicted molar refractivity (Wildman–Crippen MR) is 68.4 cm³/mol. The lowest BCUT2D eigenvalue weighted by Crippen LogP contribution is -2.36. The van der Waals surface area contributed by atoms with E-state index in [1.54, 1.807) is 0 Å². The third-order valence-corrected chi connectivity index (χ3v) is 4.96. The van der Waals surface area contributed by atoms with Crippen LogP contribution < -0.4 is 5.32 Å². The smallest absolute Gasteiger partial charge is 0.0518 e. The van der Waals surface area contributed by atoms with Crippen LogP contribution in [0.4, 0.5) is 0 Å². The Morgan fingerprint density at radius 1 is 1.47 bits per heavy atom. The van der Waals surface area contributed by atoms with Crippen molar-refractivity contribution in [1.29, 1.82) is 0 Å². The van der Waals surface area contributed by atoms with E-state index in [-0.39, 0.29) is 0 Å². The SMILES string of the molecule is CC(NCc1ccnn1C)C1CC2CCC1C2. The van der Waals surface area contributed by atoms with Crippen molar-refractivity contribution in [3.05, 3.63) is 18.0 Å². The number of aryl methyl sites for hydroxylation is 1. The summed E-state index contributed by atoms with van der Waals surface area (Å²) in [5, 5.41) is 7.90. The minimum atomic E-state index is 0.653. The number of rotatable bonds is 4. The number of aromatic nitrogens is 2. The van der Waals surface area contributed by atoms with Crippen LogP contribution in [0.2, 0.25) is 0 Å². The van der Waals surface area contributed by atoms with Crippen LogP contribution in [-0.4, -0.2) is 15.8 Å². The number of nitrogens with one attached hydrogen (secondary N) is 1.